The second-order valence-corrected chi connectivity index (χ2v) is 4.96. The van der Waals surface area contributed by atoms with Gasteiger partial charge in [-0.2, -0.15) is 0 Å². The van der Waals surface area contributed by atoms with Crippen molar-refractivity contribution in [3.05, 3.63) is 0 Å². The largest absolute Gasteiger partial charge is 0.311 e. The van der Waals surface area contributed by atoms with Gasteiger partial charge in [0.1, 0.15) is 6.17 Å². The fourth-order valence-electron chi connectivity index (χ4n) is 2.04. The third-order valence-corrected chi connectivity index (χ3v) is 3.04. The summed E-state index contributed by atoms with van der Waals surface area (Å²) in [5.41, 5.74) is 0. The van der Waals surface area contributed by atoms with Gasteiger partial charge in [0.2, 0.25) is 0 Å². The van der Waals surface area contributed by atoms with Gasteiger partial charge in [-0.1, -0.05) is 26.7 Å². The highest BCUT2D eigenvalue weighted by molar-refractivity contribution is 4.73. The molecule has 0 aromatic heterocycles. The van der Waals surface area contributed by atoms with Crippen LogP contribution in [0, 0.1) is 5.92 Å². The van der Waals surface area contributed by atoms with Crippen LogP contribution in [0.4, 0.5) is 4.39 Å². The summed E-state index contributed by atoms with van der Waals surface area (Å²) < 4.78 is 13.1. The van der Waals surface area contributed by atoms with Crippen molar-refractivity contribution in [2.45, 2.75) is 64.6 Å². The van der Waals surface area contributed by atoms with Crippen LogP contribution in [-0.2, 0) is 0 Å². The molecule has 0 spiro atoms. The van der Waals surface area contributed by atoms with E-state index in [9.17, 15) is 4.39 Å². The van der Waals surface area contributed by atoms with Crippen molar-refractivity contribution >= 4 is 0 Å². The molecule has 0 bridgehead atoms. The van der Waals surface area contributed by atoms with Crippen LogP contribution in [0.5, 0.6) is 0 Å². The molecule has 0 aliphatic carbocycles. The first-order chi connectivity index (χ1) is 6.68. The Morgan fingerprint density at radius 1 is 1.29 bits per heavy atom. The van der Waals surface area contributed by atoms with Crippen LogP contribution < -0.4 is 5.32 Å². The van der Waals surface area contributed by atoms with Crippen LogP contribution in [0.1, 0.15) is 52.4 Å². The molecule has 1 heterocycles. The molecule has 0 aromatic rings. The highest BCUT2D eigenvalue weighted by atomic mass is 19.1. The third kappa shape index (κ3) is 4.94. The molecule has 1 aliphatic rings. The average Bonchev–Trinajstić information content (AvgIpc) is 2.11. The van der Waals surface area contributed by atoms with E-state index in [2.05, 4.69) is 19.2 Å². The van der Waals surface area contributed by atoms with E-state index in [-0.39, 0.29) is 0 Å². The van der Waals surface area contributed by atoms with E-state index in [1.165, 1.54) is 25.7 Å². The van der Waals surface area contributed by atoms with E-state index < -0.39 is 6.17 Å². The van der Waals surface area contributed by atoms with Gasteiger partial charge >= 0.3 is 0 Å². The Kier molecular flexibility index (Phi) is 5.46. The van der Waals surface area contributed by atoms with E-state index in [0.717, 1.165) is 18.8 Å². The summed E-state index contributed by atoms with van der Waals surface area (Å²) in [7, 11) is 0. The maximum Gasteiger partial charge on any atom is 0.112 e. The lowest BCUT2D eigenvalue weighted by atomic mass is 9.96. The van der Waals surface area contributed by atoms with Gasteiger partial charge in [-0.25, -0.2) is 4.39 Å². The molecule has 0 radical (unpaired) electrons. The van der Waals surface area contributed by atoms with Gasteiger partial charge in [0.25, 0.3) is 0 Å². The minimum atomic E-state index is -0.614. The van der Waals surface area contributed by atoms with E-state index in [4.69, 9.17) is 0 Å². The van der Waals surface area contributed by atoms with Crippen molar-refractivity contribution in [1.82, 2.24) is 5.32 Å². The molecule has 1 nitrogen and oxygen atoms in total. The molecular formula is C12H24FN. The van der Waals surface area contributed by atoms with Crippen LogP contribution >= 0.6 is 0 Å². The predicted octanol–water partition coefficient (Wildman–Crippen LogP) is 3.29. The second-order valence-electron chi connectivity index (χ2n) is 4.96. The average molecular weight is 201 g/mol. The zero-order valence-corrected chi connectivity index (χ0v) is 9.56. The fraction of sp³-hybridized carbons (Fsp3) is 1.00. The first-order valence-electron chi connectivity index (χ1n) is 6.06. The van der Waals surface area contributed by atoms with Crippen molar-refractivity contribution in [3.8, 4) is 0 Å². The zero-order valence-electron chi connectivity index (χ0n) is 9.56. The van der Waals surface area contributed by atoms with Crippen LogP contribution in [0.2, 0.25) is 0 Å². The molecule has 1 rings (SSSR count). The summed E-state index contributed by atoms with van der Waals surface area (Å²) in [4.78, 5) is 0. The number of nitrogens with one attached hydrogen (secondary N) is 1. The Bertz CT molecular complexity index is 145. The smallest absolute Gasteiger partial charge is 0.112 e. The summed E-state index contributed by atoms with van der Waals surface area (Å²) in [5, 5.41) is 3.35. The van der Waals surface area contributed by atoms with Gasteiger partial charge < -0.3 is 5.32 Å². The molecule has 14 heavy (non-hydrogen) atoms. The van der Waals surface area contributed by atoms with Crippen LogP contribution in [-0.4, -0.2) is 18.8 Å². The summed E-state index contributed by atoms with van der Waals surface area (Å²) in [6, 6.07) is 0.566. The molecule has 84 valence electrons. The van der Waals surface area contributed by atoms with Gasteiger partial charge in [0.05, 0.1) is 0 Å². The zero-order chi connectivity index (χ0) is 10.4. The predicted molar refractivity (Wildman–Crippen MR) is 59.2 cm³/mol. The lowest BCUT2D eigenvalue weighted by Crippen LogP contribution is -2.36. The van der Waals surface area contributed by atoms with E-state index in [1.54, 1.807) is 0 Å². The topological polar surface area (TPSA) is 12.0 Å². The quantitative estimate of drug-likeness (QED) is 0.739. The molecule has 2 atom stereocenters. The minimum absolute atomic E-state index is 0.566. The normalized spacial score (nSPS) is 30.0. The van der Waals surface area contributed by atoms with Gasteiger partial charge in [-0.3, -0.25) is 0 Å². The van der Waals surface area contributed by atoms with E-state index in [1.807, 2.05) is 0 Å². The number of rotatable bonds is 3. The summed E-state index contributed by atoms with van der Waals surface area (Å²) >= 11 is 0. The molecule has 1 saturated heterocycles. The number of hydrogen-bond acceptors (Lipinski definition) is 1. The monoisotopic (exact) mass is 201 g/mol. The highest BCUT2D eigenvalue weighted by Crippen LogP contribution is 2.16. The highest BCUT2D eigenvalue weighted by Gasteiger charge is 2.15. The van der Waals surface area contributed by atoms with Crippen LogP contribution in [0.15, 0.2) is 0 Å². The number of hydrogen-bond donors (Lipinski definition) is 1. The van der Waals surface area contributed by atoms with Crippen LogP contribution in [0.3, 0.4) is 0 Å². The van der Waals surface area contributed by atoms with Crippen molar-refractivity contribution < 1.29 is 4.39 Å². The van der Waals surface area contributed by atoms with E-state index in [0.29, 0.717) is 12.6 Å². The molecule has 0 aromatic carbocycles. The van der Waals surface area contributed by atoms with Gasteiger partial charge in [-0.05, 0) is 31.6 Å². The van der Waals surface area contributed by atoms with Crippen LogP contribution in [0.25, 0.3) is 0 Å². The summed E-state index contributed by atoms with van der Waals surface area (Å²) in [5.74, 6) is 0.767. The SMILES string of the molecule is CC(C)CCC1CCCCC(F)CN1. The van der Waals surface area contributed by atoms with Gasteiger partial charge in [0, 0.05) is 12.6 Å². The summed E-state index contributed by atoms with van der Waals surface area (Å²) in [6.45, 7) is 5.07. The molecule has 1 fully saturated rings. The Labute approximate surface area is 87.5 Å². The fourth-order valence-corrected chi connectivity index (χ4v) is 2.04. The maximum atomic E-state index is 13.1. The molecule has 0 saturated carbocycles. The first kappa shape index (κ1) is 12.0. The lowest BCUT2D eigenvalue weighted by Gasteiger charge is -2.23. The van der Waals surface area contributed by atoms with Gasteiger partial charge in [0.15, 0.2) is 0 Å². The van der Waals surface area contributed by atoms with Crippen molar-refractivity contribution in [3.63, 3.8) is 0 Å². The van der Waals surface area contributed by atoms with Crippen molar-refractivity contribution in [2.75, 3.05) is 6.54 Å². The molecule has 2 heteroatoms. The van der Waals surface area contributed by atoms with E-state index >= 15 is 0 Å². The van der Waals surface area contributed by atoms with Crippen molar-refractivity contribution in [2.24, 2.45) is 5.92 Å². The standard InChI is InChI=1S/C12H24FN/c1-10(2)7-8-12-6-4-3-5-11(13)9-14-12/h10-12,14H,3-9H2,1-2H3. The Morgan fingerprint density at radius 2 is 2.00 bits per heavy atom. The lowest BCUT2D eigenvalue weighted by molar-refractivity contribution is 0.252. The second kappa shape index (κ2) is 6.39. The molecule has 0 amide bonds. The van der Waals surface area contributed by atoms with Gasteiger partial charge in [-0.15, -0.1) is 0 Å². The maximum absolute atomic E-state index is 13.1. The number of halogens is 1. The Balaban J connectivity index is 2.21. The summed E-state index contributed by atoms with van der Waals surface area (Å²) in [6.07, 6.45) is 6.11. The number of alkyl halides is 1. The molecule has 2 unspecified atom stereocenters. The Morgan fingerprint density at radius 3 is 2.71 bits per heavy atom. The third-order valence-electron chi connectivity index (χ3n) is 3.04. The first-order valence-corrected chi connectivity index (χ1v) is 6.06. The molecule has 1 aliphatic heterocycles. The van der Waals surface area contributed by atoms with Crippen molar-refractivity contribution in [1.29, 1.82) is 0 Å². The Hall–Kier alpha value is -0.110. The molecular weight excluding hydrogens is 177 g/mol. The minimum Gasteiger partial charge on any atom is -0.311 e. The molecule has 1 N–H and O–H groups in total.